The lowest BCUT2D eigenvalue weighted by molar-refractivity contribution is -0.137. The van der Waals surface area contributed by atoms with E-state index in [4.69, 9.17) is 5.21 Å². The fourth-order valence-electron chi connectivity index (χ4n) is 1.15. The van der Waals surface area contributed by atoms with Crippen molar-refractivity contribution in [2.45, 2.75) is 6.23 Å². The van der Waals surface area contributed by atoms with Crippen LogP contribution in [0.3, 0.4) is 0 Å². The highest BCUT2D eigenvalue weighted by Crippen LogP contribution is 2.29. The third-order valence-corrected chi connectivity index (χ3v) is 1.78. The summed E-state index contributed by atoms with van der Waals surface area (Å²) < 4.78 is 0. The van der Waals surface area contributed by atoms with Gasteiger partial charge in [0, 0.05) is 5.56 Å². The highest BCUT2D eigenvalue weighted by molar-refractivity contribution is 5.66. The van der Waals surface area contributed by atoms with Crippen molar-refractivity contribution in [1.29, 1.82) is 0 Å². The van der Waals surface area contributed by atoms with E-state index in [-0.39, 0.29) is 0 Å². The van der Waals surface area contributed by atoms with Gasteiger partial charge in [0.1, 0.15) is 6.34 Å². The normalized spacial score (nSPS) is 20.8. The Kier molecular flexibility index (Phi) is 1.56. The molecule has 0 aromatic heterocycles. The molecular formula is C8H8N2O2. The molecule has 62 valence electrons. The summed E-state index contributed by atoms with van der Waals surface area (Å²) in [6.45, 7) is 0. The predicted octanol–water partition coefficient (Wildman–Crippen LogP) is 1.04. The number of hydrogen-bond acceptors (Lipinski definition) is 4. The maximum absolute atomic E-state index is 9.41. The summed E-state index contributed by atoms with van der Waals surface area (Å²) in [6.07, 6.45) is 0.186. The van der Waals surface area contributed by atoms with Crippen LogP contribution >= 0.6 is 0 Å². The van der Waals surface area contributed by atoms with Crippen molar-refractivity contribution in [2.24, 2.45) is 4.99 Å². The monoisotopic (exact) mass is 164 g/mol. The fourth-order valence-corrected chi connectivity index (χ4v) is 1.15. The first kappa shape index (κ1) is 7.27. The first-order valence-corrected chi connectivity index (χ1v) is 3.57. The molecule has 0 radical (unpaired) electrons. The van der Waals surface area contributed by atoms with Gasteiger partial charge >= 0.3 is 0 Å². The van der Waals surface area contributed by atoms with Crippen LogP contribution in [0, 0.1) is 0 Å². The van der Waals surface area contributed by atoms with Crippen LogP contribution in [0.2, 0.25) is 0 Å². The molecule has 1 atom stereocenters. The summed E-state index contributed by atoms with van der Waals surface area (Å²) in [5.74, 6) is 0. The number of fused-ring (bicyclic) bond motifs is 1. The molecule has 1 aliphatic heterocycles. The van der Waals surface area contributed by atoms with Gasteiger partial charge in [0.15, 0.2) is 6.23 Å². The van der Waals surface area contributed by atoms with Crippen LogP contribution in [-0.4, -0.2) is 21.7 Å². The topological polar surface area (TPSA) is 56.1 Å². The summed E-state index contributed by atoms with van der Waals surface area (Å²) >= 11 is 0. The van der Waals surface area contributed by atoms with Gasteiger partial charge in [0.05, 0.1) is 5.69 Å². The summed E-state index contributed by atoms with van der Waals surface area (Å²) in [6, 6.07) is 7.12. The SMILES string of the molecule is OC1c2ccccc2N=CN1O. The Morgan fingerprint density at radius 2 is 2.08 bits per heavy atom. The minimum absolute atomic E-state index is 0.613. The number of nitrogens with zero attached hydrogens (tertiary/aromatic N) is 2. The highest BCUT2D eigenvalue weighted by atomic mass is 16.5. The molecule has 0 saturated carbocycles. The van der Waals surface area contributed by atoms with E-state index in [1.807, 2.05) is 6.07 Å². The summed E-state index contributed by atoms with van der Waals surface area (Å²) in [5, 5.41) is 19.1. The molecule has 2 rings (SSSR count). The largest absolute Gasteiger partial charge is 0.367 e. The second kappa shape index (κ2) is 2.58. The van der Waals surface area contributed by atoms with Gasteiger partial charge in [0.25, 0.3) is 0 Å². The number of rotatable bonds is 0. The summed E-state index contributed by atoms with van der Waals surface area (Å²) in [5.41, 5.74) is 1.30. The number of benzene rings is 1. The molecule has 4 heteroatoms. The van der Waals surface area contributed by atoms with Crippen LogP contribution < -0.4 is 0 Å². The lowest BCUT2D eigenvalue weighted by atomic mass is 10.1. The van der Waals surface area contributed by atoms with Crippen LogP contribution in [0.25, 0.3) is 0 Å². The fraction of sp³-hybridized carbons (Fsp3) is 0.125. The highest BCUT2D eigenvalue weighted by Gasteiger charge is 2.19. The van der Waals surface area contributed by atoms with Gasteiger partial charge in [-0.15, -0.1) is 0 Å². The number of aliphatic imine (C=N–C) groups is 1. The van der Waals surface area contributed by atoms with E-state index < -0.39 is 6.23 Å². The zero-order valence-electron chi connectivity index (χ0n) is 6.25. The Morgan fingerprint density at radius 3 is 2.92 bits per heavy atom. The van der Waals surface area contributed by atoms with E-state index in [1.165, 1.54) is 6.34 Å². The zero-order valence-corrected chi connectivity index (χ0v) is 6.25. The minimum atomic E-state index is -1.00. The summed E-state index contributed by atoms with van der Waals surface area (Å²) in [4.78, 5) is 3.92. The summed E-state index contributed by atoms with van der Waals surface area (Å²) in [7, 11) is 0. The lowest BCUT2D eigenvalue weighted by Gasteiger charge is -2.23. The second-order valence-corrected chi connectivity index (χ2v) is 2.56. The molecule has 1 heterocycles. The molecule has 0 aliphatic carbocycles. The number of aliphatic hydroxyl groups excluding tert-OH is 1. The van der Waals surface area contributed by atoms with Gasteiger partial charge in [-0.1, -0.05) is 18.2 Å². The molecule has 0 spiro atoms. The average molecular weight is 164 g/mol. The number of hydroxylamine groups is 2. The second-order valence-electron chi connectivity index (χ2n) is 2.56. The van der Waals surface area contributed by atoms with Gasteiger partial charge in [-0.3, -0.25) is 5.21 Å². The maximum atomic E-state index is 9.41. The van der Waals surface area contributed by atoms with Gasteiger partial charge in [-0.2, -0.15) is 0 Å². The minimum Gasteiger partial charge on any atom is -0.367 e. The third-order valence-electron chi connectivity index (χ3n) is 1.78. The van der Waals surface area contributed by atoms with Crippen molar-refractivity contribution in [3.63, 3.8) is 0 Å². The van der Waals surface area contributed by atoms with Crippen molar-refractivity contribution in [3.05, 3.63) is 29.8 Å². The van der Waals surface area contributed by atoms with Crippen LogP contribution in [-0.2, 0) is 0 Å². The molecular weight excluding hydrogens is 156 g/mol. The standard InChI is InChI=1S/C8H8N2O2/c11-8-6-3-1-2-4-7(6)9-5-10(8)12/h1-5,8,11-12H. The van der Waals surface area contributed by atoms with Crippen molar-refractivity contribution in [1.82, 2.24) is 5.06 Å². The van der Waals surface area contributed by atoms with Crippen LogP contribution in [0.1, 0.15) is 11.8 Å². The predicted molar refractivity (Wildman–Crippen MR) is 43.2 cm³/mol. The Bertz CT molecular complexity index is 325. The molecule has 0 bridgehead atoms. The van der Waals surface area contributed by atoms with E-state index in [0.29, 0.717) is 16.3 Å². The van der Waals surface area contributed by atoms with E-state index in [1.54, 1.807) is 18.2 Å². The zero-order chi connectivity index (χ0) is 8.55. The molecule has 1 aromatic rings. The van der Waals surface area contributed by atoms with Crippen molar-refractivity contribution < 1.29 is 10.3 Å². The van der Waals surface area contributed by atoms with E-state index >= 15 is 0 Å². The lowest BCUT2D eigenvalue weighted by Crippen LogP contribution is -2.25. The van der Waals surface area contributed by atoms with Gasteiger partial charge in [-0.25, -0.2) is 10.1 Å². The molecule has 1 aromatic carbocycles. The Balaban J connectivity index is 2.52. The first-order valence-electron chi connectivity index (χ1n) is 3.57. The molecule has 0 saturated heterocycles. The third kappa shape index (κ3) is 0.975. The van der Waals surface area contributed by atoms with E-state index in [0.717, 1.165) is 0 Å². The van der Waals surface area contributed by atoms with Crippen LogP contribution in [0.5, 0.6) is 0 Å². The van der Waals surface area contributed by atoms with Crippen LogP contribution in [0.15, 0.2) is 29.3 Å². The molecule has 1 unspecified atom stereocenters. The van der Waals surface area contributed by atoms with Crippen LogP contribution in [0.4, 0.5) is 5.69 Å². The number of aliphatic hydroxyl groups is 1. The quantitative estimate of drug-likeness (QED) is 0.602. The van der Waals surface area contributed by atoms with Gasteiger partial charge in [0.2, 0.25) is 0 Å². The van der Waals surface area contributed by atoms with Crippen molar-refractivity contribution >= 4 is 12.0 Å². The van der Waals surface area contributed by atoms with E-state index in [2.05, 4.69) is 4.99 Å². The maximum Gasteiger partial charge on any atom is 0.180 e. The molecule has 12 heavy (non-hydrogen) atoms. The smallest absolute Gasteiger partial charge is 0.180 e. The number of para-hydroxylation sites is 1. The molecule has 1 aliphatic rings. The first-order chi connectivity index (χ1) is 5.79. The molecule has 0 amide bonds. The van der Waals surface area contributed by atoms with Gasteiger partial charge < -0.3 is 5.11 Å². The molecule has 4 nitrogen and oxygen atoms in total. The van der Waals surface area contributed by atoms with Crippen molar-refractivity contribution in [2.75, 3.05) is 0 Å². The van der Waals surface area contributed by atoms with Crippen molar-refractivity contribution in [3.8, 4) is 0 Å². The Morgan fingerprint density at radius 1 is 1.33 bits per heavy atom. The Labute approximate surface area is 69.4 Å². The number of hydrogen-bond donors (Lipinski definition) is 2. The average Bonchev–Trinajstić information content (AvgIpc) is 2.12. The molecule has 2 N–H and O–H groups in total. The Hall–Kier alpha value is -1.39. The van der Waals surface area contributed by atoms with E-state index in [9.17, 15) is 5.11 Å². The molecule has 0 fully saturated rings. The van der Waals surface area contributed by atoms with Gasteiger partial charge in [-0.05, 0) is 6.07 Å².